The van der Waals surface area contributed by atoms with Crippen molar-refractivity contribution in [2.45, 2.75) is 26.9 Å². The van der Waals surface area contributed by atoms with Gasteiger partial charge in [0.1, 0.15) is 5.82 Å². The highest BCUT2D eigenvalue weighted by molar-refractivity contribution is 7.72. The van der Waals surface area contributed by atoms with Gasteiger partial charge in [0.2, 0.25) is 0 Å². The van der Waals surface area contributed by atoms with Crippen LogP contribution in [-0.4, -0.2) is 35.1 Å². The maximum absolute atomic E-state index is 13.8. The molecule has 1 atom stereocenters. The van der Waals surface area contributed by atoms with Gasteiger partial charge in [-0.1, -0.05) is 6.07 Å². The second-order valence-corrected chi connectivity index (χ2v) is 8.77. The molecule has 0 bridgehead atoms. The van der Waals surface area contributed by atoms with E-state index in [0.29, 0.717) is 31.9 Å². The molecule has 3 N–H and O–H groups in total. The molecule has 30 heavy (non-hydrogen) atoms. The summed E-state index contributed by atoms with van der Waals surface area (Å²) in [6.07, 6.45) is 0. The molecule has 0 aliphatic carbocycles. The molecule has 3 rings (SSSR count). The lowest BCUT2D eigenvalue weighted by Gasteiger charge is -2.13. The van der Waals surface area contributed by atoms with E-state index in [1.54, 1.807) is 12.7 Å². The second-order valence-electron chi connectivity index (χ2n) is 6.89. The number of benzene rings is 2. The fraction of sp³-hybridized carbons (Fsp3) is 0.333. The number of imidazole rings is 1. The highest BCUT2D eigenvalue weighted by Gasteiger charge is 2.16. The Bertz CT molecular complexity index is 1070. The van der Waals surface area contributed by atoms with Crippen molar-refractivity contribution in [3.05, 3.63) is 53.4 Å². The van der Waals surface area contributed by atoms with Crippen LogP contribution in [0.3, 0.4) is 0 Å². The predicted octanol–water partition coefficient (Wildman–Crippen LogP) is 4.52. The van der Waals surface area contributed by atoms with E-state index in [1.165, 1.54) is 6.07 Å². The largest absolute Gasteiger partial charge is 0.380 e. The van der Waals surface area contributed by atoms with Crippen LogP contribution in [0, 0.1) is 18.6 Å². The Morgan fingerprint density at radius 2 is 2.03 bits per heavy atom. The summed E-state index contributed by atoms with van der Waals surface area (Å²) < 4.78 is 34.7. The number of fused-ring (bicyclic) bond motifs is 1. The first-order valence-corrected chi connectivity index (χ1v) is 11.4. The number of ether oxygens (including phenoxy) is 1. The molecule has 0 fully saturated rings. The molecule has 1 amide bonds. The van der Waals surface area contributed by atoms with Crippen molar-refractivity contribution >= 4 is 24.8 Å². The summed E-state index contributed by atoms with van der Waals surface area (Å²) in [6.45, 7) is 7.64. The zero-order valence-electron chi connectivity index (χ0n) is 17.2. The Labute approximate surface area is 175 Å². The van der Waals surface area contributed by atoms with E-state index in [9.17, 15) is 13.6 Å². The molecule has 1 aromatic heterocycles. The van der Waals surface area contributed by atoms with E-state index in [-0.39, 0.29) is 5.65 Å². The van der Waals surface area contributed by atoms with Crippen molar-refractivity contribution in [3.8, 4) is 11.1 Å². The fourth-order valence-corrected chi connectivity index (χ4v) is 3.79. The van der Waals surface area contributed by atoms with Crippen LogP contribution in [0.1, 0.15) is 18.3 Å². The number of aromatic nitrogens is 2. The van der Waals surface area contributed by atoms with Crippen molar-refractivity contribution in [2.24, 2.45) is 5.73 Å². The second kappa shape index (κ2) is 9.60. The quantitative estimate of drug-likeness (QED) is 0.383. The van der Waals surface area contributed by atoms with Crippen molar-refractivity contribution in [1.29, 1.82) is 0 Å². The number of halogens is 2. The van der Waals surface area contributed by atoms with Crippen LogP contribution in [-0.2, 0) is 17.8 Å². The van der Waals surface area contributed by atoms with E-state index in [4.69, 9.17) is 15.5 Å². The van der Waals surface area contributed by atoms with E-state index in [2.05, 4.69) is 5.09 Å². The van der Waals surface area contributed by atoms with E-state index in [1.807, 2.05) is 30.5 Å². The van der Waals surface area contributed by atoms with Gasteiger partial charge in [0.05, 0.1) is 32.3 Å². The van der Waals surface area contributed by atoms with E-state index < -0.39 is 19.7 Å². The van der Waals surface area contributed by atoms with E-state index in [0.717, 1.165) is 34.1 Å². The van der Waals surface area contributed by atoms with Crippen LogP contribution in [0.2, 0.25) is 0 Å². The molecule has 0 saturated heterocycles. The summed E-state index contributed by atoms with van der Waals surface area (Å²) in [4.78, 5) is 16.1. The highest BCUT2D eigenvalue weighted by atomic mass is 31.1. The van der Waals surface area contributed by atoms with Crippen LogP contribution in [0.4, 0.5) is 13.6 Å². The summed E-state index contributed by atoms with van der Waals surface area (Å²) in [5.41, 5.74) is 8.92. The third-order valence-corrected chi connectivity index (χ3v) is 6.17. The number of nitrogens with two attached hydrogens (primary N) is 1. The lowest BCUT2D eigenvalue weighted by Crippen LogP contribution is -2.19. The van der Waals surface area contributed by atoms with Crippen molar-refractivity contribution < 1.29 is 18.3 Å². The Morgan fingerprint density at radius 1 is 1.27 bits per heavy atom. The lowest BCUT2D eigenvalue weighted by atomic mass is 9.99. The first-order valence-electron chi connectivity index (χ1n) is 9.61. The normalized spacial score (nSPS) is 12.4. The molecule has 6 nitrogen and oxygen atoms in total. The molecule has 1 heterocycles. The maximum atomic E-state index is 13.8. The minimum Gasteiger partial charge on any atom is -0.380 e. The molecule has 0 radical (unpaired) electrons. The average Bonchev–Trinajstić information content (AvgIpc) is 3.04. The number of carbonyl (C=O) groups excluding carboxylic acids is 1. The molecule has 1 unspecified atom stereocenters. The van der Waals surface area contributed by atoms with Gasteiger partial charge < -0.3 is 15.0 Å². The molecule has 160 valence electrons. The Morgan fingerprint density at radius 3 is 2.70 bits per heavy atom. The van der Waals surface area contributed by atoms with Gasteiger partial charge in [0, 0.05) is 13.2 Å². The smallest absolute Gasteiger partial charge is 0.253 e. The summed E-state index contributed by atoms with van der Waals surface area (Å²) >= 11 is 0. The Kier molecular flexibility index (Phi) is 7.13. The minimum atomic E-state index is -1.15. The molecule has 0 aliphatic rings. The van der Waals surface area contributed by atoms with Crippen LogP contribution in [0.15, 0.2) is 30.3 Å². The van der Waals surface area contributed by atoms with Crippen LogP contribution in [0.25, 0.3) is 22.2 Å². The van der Waals surface area contributed by atoms with Crippen LogP contribution >= 0.6 is 8.07 Å². The van der Waals surface area contributed by atoms with Gasteiger partial charge in [-0.15, -0.1) is 0 Å². The molecule has 9 heteroatoms. The van der Waals surface area contributed by atoms with Gasteiger partial charge in [-0.25, -0.2) is 13.8 Å². The number of carbonyl (C=O) groups is 1. The summed E-state index contributed by atoms with van der Waals surface area (Å²) in [5, 5.41) is 3.14. The number of amides is 1. The van der Waals surface area contributed by atoms with Gasteiger partial charge in [0.25, 0.3) is 5.65 Å². The van der Waals surface area contributed by atoms with Crippen molar-refractivity contribution in [2.75, 3.05) is 19.9 Å². The van der Waals surface area contributed by atoms with Crippen molar-refractivity contribution in [3.63, 3.8) is 0 Å². The predicted molar refractivity (Wildman–Crippen MR) is 116 cm³/mol. The van der Waals surface area contributed by atoms with E-state index >= 15 is 0 Å². The highest BCUT2D eigenvalue weighted by Crippen LogP contribution is 2.31. The van der Waals surface area contributed by atoms with Crippen LogP contribution < -0.4 is 10.8 Å². The molecule has 0 spiro atoms. The molecule has 0 saturated carbocycles. The molecular weight excluding hydrogens is 409 g/mol. The topological polar surface area (TPSA) is 82.2 Å². The first kappa shape index (κ1) is 22.3. The lowest BCUT2D eigenvalue weighted by molar-refractivity contribution is 0.139. The zero-order chi connectivity index (χ0) is 21.8. The molecular formula is C21H25F2N4O2P. The number of rotatable bonds is 9. The SMILES string of the molecule is CCOCCn1c(CNP(C)C(N)=O)nc2cc(C)c(-c3ccc(F)c(F)c3)cc21. The number of aryl methyl sites for hydroxylation is 1. The summed E-state index contributed by atoms with van der Waals surface area (Å²) in [6, 6.07) is 7.75. The third-order valence-electron chi connectivity index (χ3n) is 4.87. The van der Waals surface area contributed by atoms with Gasteiger partial charge in [0.15, 0.2) is 11.6 Å². The van der Waals surface area contributed by atoms with Crippen molar-refractivity contribution in [1.82, 2.24) is 14.6 Å². The van der Waals surface area contributed by atoms with Gasteiger partial charge >= 0.3 is 0 Å². The third kappa shape index (κ3) is 4.83. The zero-order valence-corrected chi connectivity index (χ0v) is 18.1. The first-order chi connectivity index (χ1) is 14.3. The standard InChI is InChI=1S/C21H25F2N4O2P/c1-4-29-8-7-27-19-11-15(14-5-6-16(22)17(23)10-14)13(2)9-18(19)26-20(27)12-25-30(3)21(24)28/h5-6,9-11,25H,4,7-8,12H2,1-3H3,(H2,24,28). The fourth-order valence-electron chi connectivity index (χ4n) is 3.25. The maximum Gasteiger partial charge on any atom is 0.253 e. The Balaban J connectivity index is 2.05. The Hall–Kier alpha value is -2.41. The van der Waals surface area contributed by atoms with Crippen LogP contribution in [0.5, 0.6) is 0 Å². The number of nitrogens with zero attached hydrogens (tertiary/aromatic N) is 2. The number of nitrogens with one attached hydrogen (secondary N) is 1. The molecule has 0 aliphatic heterocycles. The van der Waals surface area contributed by atoms with Gasteiger partial charge in [-0.3, -0.25) is 9.88 Å². The number of primary amides is 1. The van der Waals surface area contributed by atoms with Gasteiger partial charge in [-0.2, -0.15) is 0 Å². The number of hydrogen-bond acceptors (Lipinski definition) is 4. The molecule has 2 aromatic carbocycles. The molecule has 3 aromatic rings. The average molecular weight is 434 g/mol. The minimum absolute atomic E-state index is 0.376. The number of hydrogen-bond donors (Lipinski definition) is 2. The summed E-state index contributed by atoms with van der Waals surface area (Å²) in [7, 11) is -1.15. The van der Waals surface area contributed by atoms with Gasteiger partial charge in [-0.05, 0) is 61.5 Å². The summed E-state index contributed by atoms with van der Waals surface area (Å²) in [5.74, 6) is -1.01. The monoisotopic (exact) mass is 434 g/mol.